The Balaban J connectivity index is 2.51. The van der Waals surface area contributed by atoms with E-state index in [0.717, 1.165) is 35.8 Å². The number of nitrogens with one attached hydrogen (secondary N) is 1. The maximum atomic E-state index is 5.51. The zero-order chi connectivity index (χ0) is 14.7. The third-order valence-corrected chi connectivity index (χ3v) is 3.32. The van der Waals surface area contributed by atoms with Gasteiger partial charge in [-0.1, -0.05) is 20.8 Å². The summed E-state index contributed by atoms with van der Waals surface area (Å²) in [6.07, 6.45) is 2.74. The maximum Gasteiger partial charge on any atom is 0.198 e. The smallest absolute Gasteiger partial charge is 0.198 e. The fraction of sp³-hybridized carbons (Fsp3) is 0.500. The lowest BCUT2D eigenvalue weighted by Crippen LogP contribution is -2.10. The molecule has 0 bridgehead atoms. The first kappa shape index (κ1) is 14.6. The van der Waals surface area contributed by atoms with Crippen molar-refractivity contribution in [3.05, 3.63) is 29.2 Å². The van der Waals surface area contributed by atoms with Gasteiger partial charge in [0.25, 0.3) is 0 Å². The molecule has 0 saturated heterocycles. The minimum absolute atomic E-state index is 0.390. The predicted octanol–water partition coefficient (Wildman–Crippen LogP) is 4.30. The van der Waals surface area contributed by atoms with Crippen LogP contribution in [0.2, 0.25) is 0 Å². The van der Waals surface area contributed by atoms with Gasteiger partial charge in [-0.15, -0.1) is 0 Å². The summed E-state index contributed by atoms with van der Waals surface area (Å²) in [6.45, 7) is 11.4. The summed E-state index contributed by atoms with van der Waals surface area (Å²) >= 11 is 0. The van der Waals surface area contributed by atoms with Crippen molar-refractivity contribution in [1.29, 1.82) is 0 Å². The van der Waals surface area contributed by atoms with Crippen molar-refractivity contribution in [2.45, 2.75) is 47.0 Å². The second kappa shape index (κ2) is 6.07. The number of aryl methyl sites for hydroxylation is 2. The molecule has 0 aliphatic heterocycles. The highest BCUT2D eigenvalue weighted by molar-refractivity contribution is 5.58. The second-order valence-corrected chi connectivity index (χ2v) is 5.41. The molecule has 1 N–H and O–H groups in total. The van der Waals surface area contributed by atoms with Crippen molar-refractivity contribution in [2.75, 3.05) is 11.9 Å². The molecule has 4 nitrogen and oxygen atoms in total. The molecular weight excluding hydrogens is 250 g/mol. The summed E-state index contributed by atoms with van der Waals surface area (Å²) < 4.78 is 5.51. The fourth-order valence-corrected chi connectivity index (χ4v) is 2.35. The van der Waals surface area contributed by atoms with Gasteiger partial charge in [-0.05, 0) is 37.8 Å². The van der Waals surface area contributed by atoms with Crippen LogP contribution in [-0.4, -0.2) is 16.5 Å². The molecule has 0 atom stereocenters. The predicted molar refractivity (Wildman–Crippen MR) is 82.1 cm³/mol. The van der Waals surface area contributed by atoms with E-state index in [9.17, 15) is 0 Å². The van der Waals surface area contributed by atoms with Gasteiger partial charge in [-0.25, -0.2) is 9.97 Å². The third kappa shape index (κ3) is 2.84. The van der Waals surface area contributed by atoms with Crippen molar-refractivity contribution in [2.24, 2.45) is 0 Å². The van der Waals surface area contributed by atoms with Gasteiger partial charge < -0.3 is 9.73 Å². The van der Waals surface area contributed by atoms with Crippen molar-refractivity contribution in [3.8, 4) is 11.6 Å². The summed E-state index contributed by atoms with van der Waals surface area (Å²) in [4.78, 5) is 9.30. The highest BCUT2D eigenvalue weighted by Gasteiger charge is 2.17. The fourth-order valence-electron chi connectivity index (χ4n) is 2.35. The molecule has 0 saturated carbocycles. The van der Waals surface area contributed by atoms with E-state index in [1.54, 1.807) is 6.26 Å². The minimum atomic E-state index is 0.390. The monoisotopic (exact) mass is 273 g/mol. The topological polar surface area (TPSA) is 51.0 Å². The van der Waals surface area contributed by atoms with Crippen LogP contribution in [0.5, 0.6) is 0 Å². The molecule has 0 spiro atoms. The molecule has 0 fully saturated rings. The highest BCUT2D eigenvalue weighted by Crippen LogP contribution is 2.29. The van der Waals surface area contributed by atoms with Gasteiger partial charge in [-0.3, -0.25) is 0 Å². The van der Waals surface area contributed by atoms with Crippen molar-refractivity contribution >= 4 is 5.82 Å². The van der Waals surface area contributed by atoms with Gasteiger partial charge in [0.05, 0.1) is 6.26 Å². The molecule has 20 heavy (non-hydrogen) atoms. The van der Waals surface area contributed by atoms with Crippen LogP contribution < -0.4 is 5.32 Å². The Morgan fingerprint density at radius 2 is 2.00 bits per heavy atom. The Kier molecular flexibility index (Phi) is 4.42. The molecule has 108 valence electrons. The van der Waals surface area contributed by atoms with E-state index in [4.69, 9.17) is 4.42 Å². The van der Waals surface area contributed by atoms with E-state index in [-0.39, 0.29) is 0 Å². The Morgan fingerprint density at radius 1 is 1.25 bits per heavy atom. The molecule has 2 aromatic heterocycles. The molecule has 2 aromatic rings. The molecule has 0 aliphatic carbocycles. The van der Waals surface area contributed by atoms with E-state index >= 15 is 0 Å². The van der Waals surface area contributed by atoms with Crippen LogP contribution in [0.1, 0.15) is 49.9 Å². The molecule has 2 heterocycles. The Bertz CT molecular complexity index is 587. The summed E-state index contributed by atoms with van der Waals surface area (Å²) in [7, 11) is 0. The summed E-state index contributed by atoms with van der Waals surface area (Å²) in [5, 5.41) is 3.41. The van der Waals surface area contributed by atoms with Crippen molar-refractivity contribution < 1.29 is 4.42 Å². The quantitative estimate of drug-likeness (QED) is 0.882. The van der Waals surface area contributed by atoms with E-state index in [2.05, 4.69) is 36.1 Å². The standard InChI is InChI=1S/C16H23N3O/c1-6-8-17-15-13(10(2)3)12(5)18-16(19-15)14-11(4)7-9-20-14/h7,9-10H,6,8H2,1-5H3,(H,17,18,19). The van der Waals surface area contributed by atoms with E-state index in [1.165, 1.54) is 5.56 Å². The number of furan rings is 1. The van der Waals surface area contributed by atoms with Crippen LogP contribution in [0.3, 0.4) is 0 Å². The summed E-state index contributed by atoms with van der Waals surface area (Å²) in [6, 6.07) is 1.93. The number of anilines is 1. The Morgan fingerprint density at radius 3 is 2.55 bits per heavy atom. The molecule has 0 aromatic carbocycles. The van der Waals surface area contributed by atoms with Gasteiger partial charge in [-0.2, -0.15) is 0 Å². The van der Waals surface area contributed by atoms with Gasteiger partial charge in [0.1, 0.15) is 5.82 Å². The lowest BCUT2D eigenvalue weighted by atomic mass is 10.0. The van der Waals surface area contributed by atoms with E-state index in [1.807, 2.05) is 19.9 Å². The maximum absolute atomic E-state index is 5.51. The Labute approximate surface area is 120 Å². The second-order valence-electron chi connectivity index (χ2n) is 5.41. The number of hydrogen-bond donors (Lipinski definition) is 1. The van der Waals surface area contributed by atoms with Gasteiger partial charge >= 0.3 is 0 Å². The number of aromatic nitrogens is 2. The first-order valence-corrected chi connectivity index (χ1v) is 7.21. The van der Waals surface area contributed by atoms with Crippen molar-refractivity contribution in [3.63, 3.8) is 0 Å². The Hall–Kier alpha value is -1.84. The van der Waals surface area contributed by atoms with E-state index < -0.39 is 0 Å². The average molecular weight is 273 g/mol. The summed E-state index contributed by atoms with van der Waals surface area (Å²) in [5.74, 6) is 2.73. The first-order valence-electron chi connectivity index (χ1n) is 7.21. The molecule has 0 aliphatic rings. The van der Waals surface area contributed by atoms with Crippen LogP contribution in [0, 0.1) is 13.8 Å². The van der Waals surface area contributed by atoms with Crippen LogP contribution in [0.4, 0.5) is 5.82 Å². The largest absolute Gasteiger partial charge is 0.461 e. The van der Waals surface area contributed by atoms with Crippen LogP contribution in [0.25, 0.3) is 11.6 Å². The van der Waals surface area contributed by atoms with E-state index in [0.29, 0.717) is 11.7 Å². The van der Waals surface area contributed by atoms with Gasteiger partial charge in [0, 0.05) is 17.8 Å². The lowest BCUT2D eigenvalue weighted by Gasteiger charge is -2.16. The zero-order valence-electron chi connectivity index (χ0n) is 12.9. The molecule has 0 amide bonds. The van der Waals surface area contributed by atoms with Crippen LogP contribution in [-0.2, 0) is 0 Å². The third-order valence-electron chi connectivity index (χ3n) is 3.32. The molecule has 4 heteroatoms. The molecule has 2 rings (SSSR count). The normalized spacial score (nSPS) is 11.1. The zero-order valence-corrected chi connectivity index (χ0v) is 12.9. The number of nitrogens with zero attached hydrogens (tertiary/aromatic N) is 2. The van der Waals surface area contributed by atoms with Gasteiger partial charge in [0.15, 0.2) is 11.6 Å². The molecule has 0 unspecified atom stereocenters. The molecular formula is C16H23N3O. The van der Waals surface area contributed by atoms with Crippen LogP contribution in [0.15, 0.2) is 16.7 Å². The lowest BCUT2D eigenvalue weighted by molar-refractivity contribution is 0.575. The average Bonchev–Trinajstić information content (AvgIpc) is 2.81. The number of rotatable bonds is 5. The van der Waals surface area contributed by atoms with Crippen LogP contribution >= 0.6 is 0 Å². The SMILES string of the molecule is CCCNc1nc(-c2occc2C)nc(C)c1C(C)C. The molecule has 0 radical (unpaired) electrons. The first-order chi connectivity index (χ1) is 9.54. The summed E-state index contributed by atoms with van der Waals surface area (Å²) in [5.41, 5.74) is 3.26. The number of hydrogen-bond acceptors (Lipinski definition) is 4. The van der Waals surface area contributed by atoms with Gasteiger partial charge in [0.2, 0.25) is 0 Å². The van der Waals surface area contributed by atoms with Crippen molar-refractivity contribution in [1.82, 2.24) is 9.97 Å². The minimum Gasteiger partial charge on any atom is -0.461 e. The highest BCUT2D eigenvalue weighted by atomic mass is 16.3.